The number of rotatable bonds is 1. The van der Waals surface area contributed by atoms with Crippen molar-refractivity contribution < 1.29 is 32.6 Å². The van der Waals surface area contributed by atoms with E-state index in [2.05, 4.69) is 15.9 Å². The topological polar surface area (TPSA) is 66.8 Å². The molecule has 1 aromatic rings. The highest BCUT2D eigenvalue weighted by Gasteiger charge is 2.43. The van der Waals surface area contributed by atoms with E-state index in [9.17, 15) is 22.8 Å². The van der Waals surface area contributed by atoms with E-state index in [0.29, 0.717) is 9.37 Å². The Labute approximate surface area is 125 Å². The summed E-state index contributed by atoms with van der Waals surface area (Å²) in [6, 6.07) is 2.49. The Morgan fingerprint density at radius 1 is 1.33 bits per heavy atom. The molecule has 0 unspecified atom stereocenters. The molecule has 0 aromatic heterocycles. The van der Waals surface area contributed by atoms with Crippen molar-refractivity contribution >= 4 is 27.8 Å². The van der Waals surface area contributed by atoms with E-state index in [1.807, 2.05) is 0 Å². The maximum absolute atomic E-state index is 12.5. The second-order valence-corrected chi connectivity index (χ2v) is 5.18. The fourth-order valence-electron chi connectivity index (χ4n) is 1.95. The minimum atomic E-state index is -4.98. The number of halogens is 4. The van der Waals surface area contributed by atoms with Crippen LogP contribution in [0.25, 0.3) is 0 Å². The van der Waals surface area contributed by atoms with Crippen molar-refractivity contribution in [1.82, 2.24) is 4.90 Å². The number of fused-ring (bicyclic) bond motifs is 1. The second kappa shape index (κ2) is 5.55. The van der Waals surface area contributed by atoms with Crippen LogP contribution in [-0.2, 0) is 11.3 Å². The Bertz CT molecular complexity index is 603. The van der Waals surface area contributed by atoms with E-state index in [4.69, 9.17) is 9.84 Å². The molecule has 0 atom stereocenters. The molecule has 21 heavy (non-hydrogen) atoms. The minimum Gasteiger partial charge on any atom is -0.490 e. The summed E-state index contributed by atoms with van der Waals surface area (Å²) in [5.74, 6) is -2.95. The molecule has 1 heterocycles. The molecule has 1 amide bonds. The molecule has 0 spiro atoms. The van der Waals surface area contributed by atoms with Crippen molar-refractivity contribution in [1.29, 1.82) is 0 Å². The zero-order valence-corrected chi connectivity index (χ0v) is 12.0. The average Bonchev–Trinajstić information content (AvgIpc) is 2.58. The maximum Gasteiger partial charge on any atom is 0.471 e. The van der Waals surface area contributed by atoms with Crippen LogP contribution in [-0.4, -0.2) is 41.2 Å². The van der Waals surface area contributed by atoms with Gasteiger partial charge in [0, 0.05) is 12.1 Å². The lowest BCUT2D eigenvalue weighted by Gasteiger charge is -2.21. The Morgan fingerprint density at radius 3 is 2.57 bits per heavy atom. The number of alkyl halides is 3. The first-order valence-electron chi connectivity index (χ1n) is 5.74. The van der Waals surface area contributed by atoms with Gasteiger partial charge in [-0.25, -0.2) is 4.79 Å². The summed E-state index contributed by atoms with van der Waals surface area (Å²) >= 11 is 3.12. The van der Waals surface area contributed by atoms with Crippen molar-refractivity contribution in [2.45, 2.75) is 12.7 Å². The molecule has 1 aliphatic rings. The number of carbonyl (C=O) groups is 2. The fourth-order valence-corrected chi connectivity index (χ4v) is 2.56. The Morgan fingerprint density at radius 2 is 2.00 bits per heavy atom. The van der Waals surface area contributed by atoms with Gasteiger partial charge in [-0.3, -0.25) is 4.79 Å². The number of benzene rings is 1. The summed E-state index contributed by atoms with van der Waals surface area (Å²) in [7, 11) is 0. The average molecular weight is 368 g/mol. The van der Waals surface area contributed by atoms with Gasteiger partial charge in [-0.15, -0.1) is 0 Å². The number of amides is 1. The van der Waals surface area contributed by atoms with Crippen LogP contribution in [0.15, 0.2) is 16.6 Å². The number of aromatic carboxylic acids is 1. The fraction of sp³-hybridized carbons (Fsp3) is 0.333. The van der Waals surface area contributed by atoms with Crippen LogP contribution in [0.1, 0.15) is 15.9 Å². The third-order valence-corrected chi connectivity index (χ3v) is 3.46. The van der Waals surface area contributed by atoms with Crippen LogP contribution >= 0.6 is 15.9 Å². The SMILES string of the molecule is O=C(O)c1cc(Br)c2c(c1)CN(C(=O)C(F)(F)F)CCO2. The summed E-state index contributed by atoms with van der Waals surface area (Å²) < 4.78 is 43.1. The summed E-state index contributed by atoms with van der Waals surface area (Å²) in [4.78, 5) is 22.9. The summed E-state index contributed by atoms with van der Waals surface area (Å²) in [6.45, 7) is -0.713. The molecule has 0 bridgehead atoms. The summed E-state index contributed by atoms with van der Waals surface area (Å²) in [5, 5.41) is 8.96. The van der Waals surface area contributed by atoms with Crippen LogP contribution in [0, 0.1) is 0 Å². The van der Waals surface area contributed by atoms with E-state index in [-0.39, 0.29) is 36.6 Å². The maximum atomic E-state index is 12.5. The molecule has 0 saturated carbocycles. The third kappa shape index (κ3) is 3.29. The Hall–Kier alpha value is -1.77. The van der Waals surface area contributed by atoms with E-state index >= 15 is 0 Å². The molecule has 5 nitrogen and oxygen atoms in total. The van der Waals surface area contributed by atoms with Gasteiger partial charge in [0.25, 0.3) is 0 Å². The molecule has 0 aliphatic carbocycles. The van der Waals surface area contributed by atoms with Crippen LogP contribution in [0.2, 0.25) is 0 Å². The van der Waals surface area contributed by atoms with Crippen molar-refractivity contribution in [3.05, 3.63) is 27.7 Å². The van der Waals surface area contributed by atoms with Gasteiger partial charge in [-0.2, -0.15) is 13.2 Å². The highest BCUT2D eigenvalue weighted by Crippen LogP contribution is 2.34. The molecule has 1 aromatic carbocycles. The van der Waals surface area contributed by atoms with E-state index < -0.39 is 18.1 Å². The van der Waals surface area contributed by atoms with Crippen LogP contribution < -0.4 is 4.74 Å². The van der Waals surface area contributed by atoms with Gasteiger partial charge in [-0.1, -0.05) is 0 Å². The normalized spacial score (nSPS) is 15.0. The molecular formula is C12H9BrF3NO4. The quantitative estimate of drug-likeness (QED) is 0.827. The van der Waals surface area contributed by atoms with Crippen LogP contribution in [0.3, 0.4) is 0 Å². The van der Waals surface area contributed by atoms with Crippen molar-refractivity contribution in [3.8, 4) is 5.75 Å². The van der Waals surface area contributed by atoms with Gasteiger partial charge in [-0.05, 0) is 28.1 Å². The molecule has 1 aliphatic heterocycles. The lowest BCUT2D eigenvalue weighted by molar-refractivity contribution is -0.186. The first-order valence-corrected chi connectivity index (χ1v) is 6.54. The van der Waals surface area contributed by atoms with Gasteiger partial charge in [0.05, 0.1) is 16.6 Å². The molecule has 1 N–H and O–H groups in total. The molecule has 0 saturated heterocycles. The van der Waals surface area contributed by atoms with Crippen LogP contribution in [0.4, 0.5) is 13.2 Å². The highest BCUT2D eigenvalue weighted by molar-refractivity contribution is 9.10. The van der Waals surface area contributed by atoms with E-state index in [1.54, 1.807) is 0 Å². The largest absolute Gasteiger partial charge is 0.490 e. The predicted octanol–water partition coefficient (Wildman–Crippen LogP) is 2.43. The number of ether oxygens (including phenoxy) is 1. The zero-order chi connectivity index (χ0) is 15.8. The zero-order valence-electron chi connectivity index (χ0n) is 10.4. The first-order chi connectivity index (χ1) is 9.70. The van der Waals surface area contributed by atoms with Gasteiger partial charge in [0.1, 0.15) is 12.4 Å². The van der Waals surface area contributed by atoms with Gasteiger partial charge >= 0.3 is 18.1 Å². The Balaban J connectivity index is 2.39. The minimum absolute atomic E-state index is 0.106. The number of carbonyl (C=O) groups excluding carboxylic acids is 1. The summed E-state index contributed by atoms with van der Waals surface area (Å²) in [5.41, 5.74) is 0.0995. The van der Waals surface area contributed by atoms with Crippen LogP contribution in [0.5, 0.6) is 5.75 Å². The molecular weight excluding hydrogens is 359 g/mol. The number of nitrogens with zero attached hydrogens (tertiary/aromatic N) is 1. The van der Waals surface area contributed by atoms with Gasteiger partial charge in [0.15, 0.2) is 0 Å². The lowest BCUT2D eigenvalue weighted by atomic mass is 10.1. The highest BCUT2D eigenvalue weighted by atomic mass is 79.9. The summed E-state index contributed by atoms with van der Waals surface area (Å²) in [6.07, 6.45) is -4.98. The number of hydrogen-bond acceptors (Lipinski definition) is 3. The lowest BCUT2D eigenvalue weighted by Crippen LogP contribution is -2.41. The molecule has 0 radical (unpaired) electrons. The molecule has 114 valence electrons. The van der Waals surface area contributed by atoms with Gasteiger partial charge in [0.2, 0.25) is 0 Å². The molecule has 0 fully saturated rings. The van der Waals surface area contributed by atoms with Crippen molar-refractivity contribution in [3.63, 3.8) is 0 Å². The van der Waals surface area contributed by atoms with Crippen molar-refractivity contribution in [2.75, 3.05) is 13.2 Å². The number of carboxylic acids is 1. The Kier molecular flexibility index (Phi) is 4.13. The standard InChI is InChI=1S/C12H9BrF3NO4/c13-8-4-6(10(18)19)3-7-5-17(1-2-21-9(7)8)11(20)12(14,15)16/h3-4H,1-2,5H2,(H,18,19). The third-order valence-electron chi connectivity index (χ3n) is 2.87. The predicted molar refractivity (Wildman–Crippen MR) is 68.1 cm³/mol. The molecule has 2 rings (SSSR count). The van der Waals surface area contributed by atoms with E-state index in [1.165, 1.54) is 12.1 Å². The molecule has 9 heteroatoms. The monoisotopic (exact) mass is 367 g/mol. The smallest absolute Gasteiger partial charge is 0.471 e. The number of hydrogen-bond donors (Lipinski definition) is 1. The van der Waals surface area contributed by atoms with Gasteiger partial charge < -0.3 is 14.7 Å². The number of carboxylic acid groups (broad SMARTS) is 1. The first kappa shape index (κ1) is 15.6. The second-order valence-electron chi connectivity index (χ2n) is 4.32. The van der Waals surface area contributed by atoms with E-state index in [0.717, 1.165) is 0 Å². The van der Waals surface area contributed by atoms with Crippen molar-refractivity contribution in [2.24, 2.45) is 0 Å².